The summed E-state index contributed by atoms with van der Waals surface area (Å²) in [5.74, 6) is 0. The monoisotopic (exact) mass is 307 g/mol. The number of rotatable bonds is 2. The molecule has 0 radical (unpaired) electrons. The lowest BCUT2D eigenvalue weighted by Gasteiger charge is -2.26. The Hall–Kier alpha value is -1.16. The Morgan fingerprint density at radius 1 is 1.29 bits per heavy atom. The van der Waals surface area contributed by atoms with Gasteiger partial charge in [0.2, 0.25) is 0 Å². The first-order valence-electron chi connectivity index (χ1n) is 7.47. The van der Waals surface area contributed by atoms with Crippen LogP contribution in [0.5, 0.6) is 0 Å². The van der Waals surface area contributed by atoms with Crippen LogP contribution in [0, 0.1) is 6.92 Å². The average molecular weight is 307 g/mol. The number of ether oxygens (including phenoxy) is 1. The molecule has 1 heterocycles. The predicted octanol–water partition coefficient (Wildman–Crippen LogP) is 4.49. The fourth-order valence-corrected chi connectivity index (χ4v) is 3.74. The van der Waals surface area contributed by atoms with Gasteiger partial charge in [-0.05, 0) is 53.2 Å². The van der Waals surface area contributed by atoms with Crippen molar-refractivity contribution >= 4 is 17.9 Å². The minimum atomic E-state index is -0.432. The van der Waals surface area contributed by atoms with Crippen LogP contribution in [0.2, 0.25) is 0 Å². The zero-order chi connectivity index (χ0) is 15.6. The molecule has 1 aromatic carbocycles. The van der Waals surface area contributed by atoms with Gasteiger partial charge in [-0.3, -0.25) is 0 Å². The van der Waals surface area contributed by atoms with Gasteiger partial charge in [0.25, 0.3) is 0 Å². The molecule has 2 atom stereocenters. The first-order valence-corrected chi connectivity index (χ1v) is 8.35. The van der Waals surface area contributed by atoms with Gasteiger partial charge in [-0.2, -0.15) is 0 Å². The van der Waals surface area contributed by atoms with E-state index in [1.165, 1.54) is 10.5 Å². The standard InChI is InChI=1S/C17H25NO2S/c1-12-6-8-14(9-7-12)21-15-10-13(2)18(11-15)16(19)20-17(3,4)5/h6-9,13,15H,10-11H2,1-5H3/t13-,15?/m1/s1. The fourth-order valence-electron chi connectivity index (χ4n) is 2.45. The lowest BCUT2D eigenvalue weighted by atomic mass is 10.2. The van der Waals surface area contributed by atoms with E-state index in [1.54, 1.807) is 0 Å². The molecule has 1 unspecified atom stereocenters. The largest absolute Gasteiger partial charge is 0.444 e. The molecule has 1 aliphatic heterocycles. The lowest BCUT2D eigenvalue weighted by Crippen LogP contribution is -2.38. The SMILES string of the molecule is Cc1ccc(SC2C[C@@H](C)N(C(=O)OC(C)(C)C)C2)cc1. The Balaban J connectivity index is 1.94. The summed E-state index contributed by atoms with van der Waals surface area (Å²) in [4.78, 5) is 15.3. The first kappa shape index (κ1) is 16.2. The summed E-state index contributed by atoms with van der Waals surface area (Å²) in [5.41, 5.74) is 0.841. The highest BCUT2D eigenvalue weighted by atomic mass is 32.2. The summed E-state index contributed by atoms with van der Waals surface area (Å²) in [6, 6.07) is 8.81. The number of hydrogen-bond donors (Lipinski definition) is 0. The van der Waals surface area contributed by atoms with Crippen molar-refractivity contribution in [3.63, 3.8) is 0 Å². The summed E-state index contributed by atoms with van der Waals surface area (Å²) in [6.07, 6.45) is 0.819. The number of benzene rings is 1. The topological polar surface area (TPSA) is 29.5 Å². The van der Waals surface area contributed by atoms with Crippen molar-refractivity contribution in [3.8, 4) is 0 Å². The molecule has 21 heavy (non-hydrogen) atoms. The number of amides is 1. The summed E-state index contributed by atoms with van der Waals surface area (Å²) >= 11 is 1.85. The van der Waals surface area contributed by atoms with Crippen molar-refractivity contribution < 1.29 is 9.53 Å². The van der Waals surface area contributed by atoms with Crippen molar-refractivity contribution in [1.82, 2.24) is 4.90 Å². The van der Waals surface area contributed by atoms with Crippen LogP contribution in [0.4, 0.5) is 4.79 Å². The molecule has 2 rings (SSSR count). The van der Waals surface area contributed by atoms with Gasteiger partial charge >= 0.3 is 6.09 Å². The van der Waals surface area contributed by atoms with Crippen LogP contribution >= 0.6 is 11.8 Å². The third kappa shape index (κ3) is 4.67. The maximum absolute atomic E-state index is 12.2. The quantitative estimate of drug-likeness (QED) is 0.806. The van der Waals surface area contributed by atoms with Crippen LogP contribution in [0.1, 0.15) is 39.7 Å². The Bertz CT molecular complexity index is 493. The number of likely N-dealkylation sites (tertiary alicyclic amines) is 1. The molecule has 4 heteroatoms. The van der Waals surface area contributed by atoms with Crippen LogP contribution in [0.25, 0.3) is 0 Å². The molecule has 116 valence electrons. The number of thioether (sulfide) groups is 1. The van der Waals surface area contributed by atoms with Gasteiger partial charge in [0.1, 0.15) is 5.60 Å². The van der Waals surface area contributed by atoms with E-state index in [4.69, 9.17) is 4.74 Å². The lowest BCUT2D eigenvalue weighted by molar-refractivity contribution is 0.0239. The van der Waals surface area contributed by atoms with E-state index in [0.29, 0.717) is 5.25 Å². The molecule has 1 aliphatic rings. The van der Waals surface area contributed by atoms with Gasteiger partial charge in [-0.15, -0.1) is 11.8 Å². The number of aryl methyl sites for hydroxylation is 1. The van der Waals surface area contributed by atoms with Crippen molar-refractivity contribution in [1.29, 1.82) is 0 Å². The fraction of sp³-hybridized carbons (Fsp3) is 0.588. The summed E-state index contributed by atoms with van der Waals surface area (Å²) in [6.45, 7) is 10.7. The summed E-state index contributed by atoms with van der Waals surface area (Å²) < 4.78 is 5.48. The summed E-state index contributed by atoms with van der Waals surface area (Å²) in [7, 11) is 0. The van der Waals surface area contributed by atoms with Crippen LogP contribution in [0.3, 0.4) is 0 Å². The Morgan fingerprint density at radius 2 is 1.90 bits per heavy atom. The van der Waals surface area contributed by atoms with Gasteiger partial charge in [0, 0.05) is 22.7 Å². The summed E-state index contributed by atoms with van der Waals surface area (Å²) in [5, 5.41) is 0.440. The second-order valence-corrected chi connectivity index (χ2v) is 8.14. The smallest absolute Gasteiger partial charge is 0.410 e. The van der Waals surface area contributed by atoms with Crippen LogP contribution in [0.15, 0.2) is 29.2 Å². The first-order chi connectivity index (χ1) is 9.74. The maximum Gasteiger partial charge on any atom is 0.410 e. The minimum Gasteiger partial charge on any atom is -0.444 e. The van der Waals surface area contributed by atoms with E-state index in [2.05, 4.69) is 38.1 Å². The zero-order valence-electron chi connectivity index (χ0n) is 13.6. The molecule has 1 amide bonds. The molecule has 0 spiro atoms. The minimum absolute atomic E-state index is 0.193. The van der Waals surface area contributed by atoms with Crippen LogP contribution < -0.4 is 0 Å². The van der Waals surface area contributed by atoms with Gasteiger partial charge < -0.3 is 9.64 Å². The number of hydrogen-bond acceptors (Lipinski definition) is 3. The molecular formula is C17H25NO2S. The average Bonchev–Trinajstić information content (AvgIpc) is 2.71. The molecule has 0 N–H and O–H groups in total. The molecular weight excluding hydrogens is 282 g/mol. The van der Waals surface area contributed by atoms with Crippen LogP contribution in [-0.2, 0) is 4.74 Å². The van der Waals surface area contributed by atoms with Gasteiger partial charge in [-0.25, -0.2) is 4.79 Å². The van der Waals surface area contributed by atoms with E-state index in [1.807, 2.05) is 37.4 Å². The third-order valence-corrected chi connectivity index (χ3v) is 4.71. The molecule has 1 saturated heterocycles. The van der Waals surface area contributed by atoms with Crippen LogP contribution in [-0.4, -0.2) is 34.4 Å². The Labute approximate surface area is 132 Å². The molecule has 0 aromatic heterocycles. The van der Waals surface area contributed by atoms with E-state index >= 15 is 0 Å². The molecule has 1 fully saturated rings. The van der Waals surface area contributed by atoms with E-state index in [0.717, 1.165) is 13.0 Å². The molecule has 1 aromatic rings. The Morgan fingerprint density at radius 3 is 2.48 bits per heavy atom. The van der Waals surface area contributed by atoms with Gasteiger partial charge in [-0.1, -0.05) is 17.7 Å². The predicted molar refractivity (Wildman–Crippen MR) is 87.8 cm³/mol. The van der Waals surface area contributed by atoms with Crippen molar-refractivity contribution in [2.75, 3.05) is 6.54 Å². The Kier molecular flexibility index (Phi) is 4.87. The van der Waals surface area contributed by atoms with Crippen molar-refractivity contribution in [2.45, 2.75) is 62.8 Å². The highest BCUT2D eigenvalue weighted by Crippen LogP contribution is 2.33. The van der Waals surface area contributed by atoms with E-state index < -0.39 is 5.60 Å². The molecule has 0 aliphatic carbocycles. The molecule has 0 bridgehead atoms. The highest BCUT2D eigenvalue weighted by Gasteiger charge is 2.35. The second-order valence-electron chi connectivity index (χ2n) is 6.77. The number of nitrogens with zero attached hydrogens (tertiary/aromatic N) is 1. The third-order valence-electron chi connectivity index (χ3n) is 3.49. The van der Waals surface area contributed by atoms with Crippen molar-refractivity contribution in [3.05, 3.63) is 29.8 Å². The number of carbonyl (C=O) groups is 1. The van der Waals surface area contributed by atoms with E-state index in [9.17, 15) is 4.79 Å². The molecule has 0 saturated carbocycles. The molecule has 3 nitrogen and oxygen atoms in total. The normalized spacial score (nSPS) is 22.4. The van der Waals surface area contributed by atoms with E-state index in [-0.39, 0.29) is 12.1 Å². The van der Waals surface area contributed by atoms with Crippen molar-refractivity contribution in [2.24, 2.45) is 0 Å². The zero-order valence-corrected chi connectivity index (χ0v) is 14.4. The highest BCUT2D eigenvalue weighted by molar-refractivity contribution is 8.00. The number of carbonyl (C=O) groups excluding carboxylic acids is 1. The maximum atomic E-state index is 12.2. The van der Waals surface area contributed by atoms with Gasteiger partial charge in [0.05, 0.1) is 0 Å². The van der Waals surface area contributed by atoms with Gasteiger partial charge in [0.15, 0.2) is 0 Å². The second kappa shape index (κ2) is 6.30.